The zero-order chi connectivity index (χ0) is 23.6. The Morgan fingerprint density at radius 1 is 1.00 bits per heavy atom. The number of halogens is 6. The number of carbonyl (C=O) groups is 1. The molecule has 0 aliphatic heterocycles. The molecule has 3 rings (SSSR count). The first kappa shape index (κ1) is 22.7. The van der Waals surface area contributed by atoms with Gasteiger partial charge in [0.05, 0.1) is 11.1 Å². The third kappa shape index (κ3) is 4.67. The van der Waals surface area contributed by atoms with Crippen molar-refractivity contribution in [3.63, 3.8) is 0 Å². The summed E-state index contributed by atoms with van der Waals surface area (Å²) in [6.45, 7) is 1.44. The van der Waals surface area contributed by atoms with Gasteiger partial charge in [-0.15, -0.1) is 0 Å². The number of amides is 1. The van der Waals surface area contributed by atoms with Crippen LogP contribution in [0.2, 0.25) is 0 Å². The second-order valence-electron chi connectivity index (χ2n) is 6.57. The Labute approximate surface area is 177 Å². The third-order valence-electron chi connectivity index (χ3n) is 4.34. The van der Waals surface area contributed by atoms with Gasteiger partial charge in [-0.25, -0.2) is 13.2 Å². The fraction of sp³-hybridized carbons (Fsp3) is 0.0909. The van der Waals surface area contributed by atoms with Gasteiger partial charge in [0.15, 0.2) is 5.82 Å². The average molecular weight is 450 g/mol. The van der Waals surface area contributed by atoms with Crippen molar-refractivity contribution in [1.29, 1.82) is 5.26 Å². The van der Waals surface area contributed by atoms with Crippen LogP contribution in [0.5, 0.6) is 11.5 Å². The Morgan fingerprint density at radius 3 is 2.31 bits per heavy atom. The van der Waals surface area contributed by atoms with Crippen LogP contribution >= 0.6 is 0 Å². The summed E-state index contributed by atoms with van der Waals surface area (Å²) in [6.07, 6.45) is -5.10. The van der Waals surface area contributed by atoms with Gasteiger partial charge in [0.25, 0.3) is 5.91 Å². The Bertz CT molecular complexity index is 1250. The van der Waals surface area contributed by atoms with Crippen LogP contribution in [0, 0.1) is 35.7 Å². The molecule has 0 aliphatic rings. The average Bonchev–Trinajstić information content (AvgIpc) is 2.70. The van der Waals surface area contributed by atoms with Crippen LogP contribution in [0.4, 0.5) is 32.0 Å². The van der Waals surface area contributed by atoms with Crippen LogP contribution in [0.25, 0.3) is 0 Å². The first-order valence-corrected chi connectivity index (χ1v) is 8.86. The van der Waals surface area contributed by atoms with E-state index in [1.54, 1.807) is 0 Å². The highest BCUT2D eigenvalue weighted by molar-refractivity contribution is 6.06. The van der Waals surface area contributed by atoms with Gasteiger partial charge in [-0.2, -0.15) is 18.4 Å². The van der Waals surface area contributed by atoms with Gasteiger partial charge in [0.1, 0.15) is 34.8 Å². The number of anilines is 1. The van der Waals surface area contributed by atoms with Gasteiger partial charge in [0, 0.05) is 5.69 Å². The highest BCUT2D eigenvalue weighted by Crippen LogP contribution is 2.38. The number of carbonyl (C=O) groups excluding carboxylic acids is 1. The van der Waals surface area contributed by atoms with Gasteiger partial charge < -0.3 is 10.1 Å². The van der Waals surface area contributed by atoms with E-state index in [1.165, 1.54) is 19.1 Å². The van der Waals surface area contributed by atoms with Crippen LogP contribution in [-0.4, -0.2) is 5.91 Å². The molecule has 0 unspecified atom stereocenters. The van der Waals surface area contributed by atoms with Crippen molar-refractivity contribution in [2.24, 2.45) is 0 Å². The standard InChI is InChI=1S/C22H12F6N2O2/c1-11-8-13(23)2-6-17(11)32-18-7-4-15(22(26,27)28)20(25)19(18)21(31)30-14-3-5-16(24)12(9-14)10-29/h2-9H,1H3,(H,30,31). The van der Waals surface area contributed by atoms with Gasteiger partial charge in [-0.3, -0.25) is 4.79 Å². The topological polar surface area (TPSA) is 62.1 Å². The summed E-state index contributed by atoms with van der Waals surface area (Å²) in [6, 6.07) is 8.81. The molecule has 0 spiro atoms. The molecule has 1 amide bonds. The number of hydrogen-bond donors (Lipinski definition) is 1. The van der Waals surface area contributed by atoms with E-state index < -0.39 is 52.0 Å². The highest BCUT2D eigenvalue weighted by Gasteiger charge is 2.37. The van der Waals surface area contributed by atoms with E-state index in [-0.39, 0.29) is 17.0 Å². The van der Waals surface area contributed by atoms with E-state index in [0.717, 1.165) is 36.4 Å². The van der Waals surface area contributed by atoms with Crippen molar-refractivity contribution >= 4 is 11.6 Å². The lowest BCUT2D eigenvalue weighted by atomic mass is 10.1. The second kappa shape index (κ2) is 8.63. The van der Waals surface area contributed by atoms with E-state index in [9.17, 15) is 31.1 Å². The lowest BCUT2D eigenvalue weighted by molar-refractivity contribution is -0.140. The molecular weight excluding hydrogens is 438 g/mol. The molecule has 4 nitrogen and oxygen atoms in total. The number of rotatable bonds is 4. The van der Waals surface area contributed by atoms with E-state index >= 15 is 0 Å². The SMILES string of the molecule is Cc1cc(F)ccc1Oc1ccc(C(F)(F)F)c(F)c1C(=O)Nc1ccc(F)c(C#N)c1. The van der Waals surface area contributed by atoms with Crippen LogP contribution in [0.1, 0.15) is 27.0 Å². The number of nitriles is 1. The molecule has 164 valence electrons. The normalized spacial score (nSPS) is 11.1. The third-order valence-corrected chi connectivity index (χ3v) is 4.34. The first-order chi connectivity index (χ1) is 15.0. The maximum atomic E-state index is 14.8. The minimum absolute atomic E-state index is 0.0202. The number of ether oxygens (including phenoxy) is 1. The summed E-state index contributed by atoms with van der Waals surface area (Å²) in [5.41, 5.74) is -3.14. The van der Waals surface area contributed by atoms with Gasteiger partial charge in [0.2, 0.25) is 0 Å². The molecule has 32 heavy (non-hydrogen) atoms. The fourth-order valence-corrected chi connectivity index (χ4v) is 2.80. The molecule has 10 heteroatoms. The molecule has 0 heterocycles. The largest absolute Gasteiger partial charge is 0.456 e. The molecule has 3 aromatic rings. The summed E-state index contributed by atoms with van der Waals surface area (Å²) in [4.78, 5) is 12.7. The van der Waals surface area contributed by atoms with Crippen LogP contribution in [0.3, 0.4) is 0 Å². The minimum Gasteiger partial charge on any atom is -0.456 e. The molecule has 0 radical (unpaired) electrons. The summed E-state index contributed by atoms with van der Waals surface area (Å²) in [5.74, 6) is -5.30. The molecule has 1 N–H and O–H groups in total. The van der Waals surface area contributed by atoms with E-state index in [2.05, 4.69) is 5.32 Å². The Morgan fingerprint density at radius 2 is 1.69 bits per heavy atom. The predicted molar refractivity (Wildman–Crippen MR) is 102 cm³/mol. The van der Waals surface area contributed by atoms with Crippen molar-refractivity contribution in [1.82, 2.24) is 0 Å². The zero-order valence-corrected chi connectivity index (χ0v) is 16.2. The van der Waals surface area contributed by atoms with Crippen LogP contribution < -0.4 is 10.1 Å². The summed E-state index contributed by atoms with van der Waals surface area (Å²) in [7, 11) is 0. The molecular formula is C22H12F6N2O2. The molecule has 0 saturated carbocycles. The molecule has 0 fully saturated rings. The molecule has 0 atom stereocenters. The maximum Gasteiger partial charge on any atom is 0.419 e. The maximum absolute atomic E-state index is 14.8. The first-order valence-electron chi connectivity index (χ1n) is 8.86. The summed E-state index contributed by atoms with van der Waals surface area (Å²) >= 11 is 0. The number of alkyl halides is 3. The number of benzene rings is 3. The van der Waals surface area contributed by atoms with Crippen molar-refractivity contribution in [2.45, 2.75) is 13.1 Å². The lowest BCUT2D eigenvalue weighted by Crippen LogP contribution is -2.19. The molecule has 0 aromatic heterocycles. The summed E-state index contributed by atoms with van der Waals surface area (Å²) < 4.78 is 86.6. The van der Waals surface area contributed by atoms with E-state index in [4.69, 9.17) is 10.00 Å². The quantitative estimate of drug-likeness (QED) is 0.472. The number of aryl methyl sites for hydroxylation is 1. The van der Waals surface area contributed by atoms with Crippen molar-refractivity contribution in [3.05, 3.63) is 88.2 Å². The second-order valence-corrected chi connectivity index (χ2v) is 6.57. The van der Waals surface area contributed by atoms with Gasteiger partial charge in [-0.1, -0.05) is 0 Å². The summed E-state index contributed by atoms with van der Waals surface area (Å²) in [5, 5.41) is 11.0. The Hall–Kier alpha value is -4.00. The highest BCUT2D eigenvalue weighted by atomic mass is 19.4. The van der Waals surface area contributed by atoms with Gasteiger partial charge in [-0.05, 0) is 61.0 Å². The van der Waals surface area contributed by atoms with Crippen LogP contribution in [-0.2, 0) is 6.18 Å². The molecule has 3 aromatic carbocycles. The van der Waals surface area contributed by atoms with E-state index in [1.807, 2.05) is 0 Å². The van der Waals surface area contributed by atoms with Crippen LogP contribution in [0.15, 0.2) is 48.5 Å². The molecule has 0 aliphatic carbocycles. The lowest BCUT2D eigenvalue weighted by Gasteiger charge is -2.17. The number of nitrogens with one attached hydrogen (secondary N) is 1. The molecule has 0 bridgehead atoms. The Kier molecular flexibility index (Phi) is 6.11. The van der Waals surface area contributed by atoms with Gasteiger partial charge >= 0.3 is 6.18 Å². The van der Waals surface area contributed by atoms with Crippen molar-refractivity contribution in [3.8, 4) is 17.6 Å². The fourth-order valence-electron chi connectivity index (χ4n) is 2.80. The van der Waals surface area contributed by atoms with E-state index in [0.29, 0.717) is 6.07 Å². The molecule has 0 saturated heterocycles. The monoisotopic (exact) mass is 450 g/mol. The minimum atomic E-state index is -5.10. The predicted octanol–water partition coefficient (Wildman–Crippen LogP) is 6.35. The smallest absolute Gasteiger partial charge is 0.419 e. The number of nitrogens with zero attached hydrogens (tertiary/aromatic N) is 1. The van der Waals surface area contributed by atoms with Crippen molar-refractivity contribution in [2.75, 3.05) is 5.32 Å². The number of hydrogen-bond acceptors (Lipinski definition) is 3. The van der Waals surface area contributed by atoms with Crippen molar-refractivity contribution < 1.29 is 35.9 Å². The zero-order valence-electron chi connectivity index (χ0n) is 16.2. The Balaban J connectivity index is 2.08.